The molecule has 2 unspecified atom stereocenters. The molecular formula is C4H4LiMnO6+. The van der Waals surface area contributed by atoms with E-state index in [1.54, 1.807) is 0 Å². The summed E-state index contributed by atoms with van der Waals surface area (Å²) >= 11 is 0. The molecule has 6 nitrogen and oxygen atoms in total. The van der Waals surface area contributed by atoms with Crippen LogP contribution in [-0.2, 0) is 26.7 Å². The minimum atomic E-state index is -2.44. The second-order valence-corrected chi connectivity index (χ2v) is 1.53. The van der Waals surface area contributed by atoms with Crippen LogP contribution < -0.4 is 29.1 Å². The Balaban J connectivity index is -0.000000405. The molecule has 0 amide bonds. The minimum Gasteiger partial charge on any atom is -0.547 e. The van der Waals surface area contributed by atoms with E-state index in [-0.39, 0.29) is 35.9 Å². The molecule has 0 aliphatic heterocycles. The first-order valence-electron chi connectivity index (χ1n) is 2.24. The largest absolute Gasteiger partial charge is 2.00 e. The number of carboxylic acids is 2. The van der Waals surface area contributed by atoms with Gasteiger partial charge >= 0.3 is 35.9 Å². The van der Waals surface area contributed by atoms with Crippen molar-refractivity contribution in [2.45, 2.75) is 12.2 Å². The summed E-state index contributed by atoms with van der Waals surface area (Å²) in [6, 6.07) is 0. The molecule has 0 rings (SSSR count). The summed E-state index contributed by atoms with van der Waals surface area (Å²) in [5.74, 6) is -4.12. The van der Waals surface area contributed by atoms with Gasteiger partial charge in [-0.3, -0.25) is 0 Å². The number of rotatable bonds is 3. The average Bonchev–Trinajstić information content (AvgIpc) is 1.84. The summed E-state index contributed by atoms with van der Waals surface area (Å²) < 4.78 is 0. The molecule has 1 radical (unpaired) electrons. The van der Waals surface area contributed by atoms with E-state index in [1.807, 2.05) is 0 Å². The molecule has 63 valence electrons. The predicted molar refractivity (Wildman–Crippen MR) is 22.0 cm³/mol. The van der Waals surface area contributed by atoms with Crippen molar-refractivity contribution in [1.29, 1.82) is 0 Å². The topological polar surface area (TPSA) is 121 Å². The van der Waals surface area contributed by atoms with E-state index in [4.69, 9.17) is 10.2 Å². The van der Waals surface area contributed by atoms with E-state index in [0.717, 1.165) is 0 Å². The Morgan fingerprint density at radius 1 is 1.00 bits per heavy atom. The molecule has 0 aromatic rings. The molecule has 0 saturated carbocycles. The quantitative estimate of drug-likeness (QED) is 0.446. The number of carbonyl (C=O) groups excluding carboxylic acids is 2. The monoisotopic (exact) mass is 210 g/mol. The van der Waals surface area contributed by atoms with Crippen LogP contribution in [0.4, 0.5) is 0 Å². The molecular weight excluding hydrogens is 206 g/mol. The number of hydrogen-bond donors (Lipinski definition) is 2. The maximum atomic E-state index is 9.63. The molecule has 0 aliphatic carbocycles. The summed E-state index contributed by atoms with van der Waals surface area (Å²) in [5, 5.41) is 35.7. The predicted octanol–water partition coefficient (Wildman–Crippen LogP) is -7.79. The van der Waals surface area contributed by atoms with Gasteiger partial charge in [0.1, 0.15) is 12.2 Å². The van der Waals surface area contributed by atoms with Crippen LogP contribution >= 0.6 is 0 Å². The Morgan fingerprint density at radius 2 is 1.17 bits per heavy atom. The van der Waals surface area contributed by atoms with Crippen LogP contribution in [0.15, 0.2) is 0 Å². The van der Waals surface area contributed by atoms with Gasteiger partial charge in [-0.2, -0.15) is 0 Å². The van der Waals surface area contributed by atoms with Gasteiger partial charge in [0.15, 0.2) is 0 Å². The maximum Gasteiger partial charge on any atom is 2.00 e. The zero-order valence-electron chi connectivity index (χ0n) is 6.06. The summed E-state index contributed by atoms with van der Waals surface area (Å²) in [6.07, 6.45) is -4.88. The fourth-order valence-corrected chi connectivity index (χ4v) is 0.258. The fraction of sp³-hybridized carbons (Fsp3) is 0.500. The molecule has 12 heavy (non-hydrogen) atoms. The van der Waals surface area contributed by atoms with Crippen molar-refractivity contribution in [3.63, 3.8) is 0 Å². The molecule has 8 heteroatoms. The van der Waals surface area contributed by atoms with E-state index in [0.29, 0.717) is 0 Å². The van der Waals surface area contributed by atoms with Gasteiger partial charge in [-0.05, 0) is 0 Å². The second kappa shape index (κ2) is 7.62. The van der Waals surface area contributed by atoms with Crippen LogP contribution in [0.25, 0.3) is 0 Å². The third kappa shape index (κ3) is 5.60. The van der Waals surface area contributed by atoms with Crippen molar-refractivity contribution in [3.8, 4) is 0 Å². The van der Waals surface area contributed by atoms with E-state index < -0.39 is 24.1 Å². The van der Waals surface area contributed by atoms with Gasteiger partial charge in [-0.25, -0.2) is 0 Å². The Hall–Kier alpha value is -0.0231. The summed E-state index contributed by atoms with van der Waals surface area (Å²) in [6.45, 7) is 0. The van der Waals surface area contributed by atoms with Gasteiger partial charge in [-0.1, -0.05) is 0 Å². The van der Waals surface area contributed by atoms with E-state index in [9.17, 15) is 19.8 Å². The first-order chi connectivity index (χ1) is 4.46. The molecule has 2 atom stereocenters. The van der Waals surface area contributed by atoms with E-state index in [1.165, 1.54) is 0 Å². The molecule has 0 aromatic carbocycles. The molecule has 0 saturated heterocycles. The number of aliphatic hydroxyl groups excluding tert-OH is 2. The summed E-state index contributed by atoms with van der Waals surface area (Å²) in [5.41, 5.74) is 0. The fourth-order valence-electron chi connectivity index (χ4n) is 0.258. The zero-order chi connectivity index (χ0) is 8.31. The Bertz CT molecular complexity index is 144. The standard InChI is InChI=1S/C4H6O6.Li.Mn/c5-1(3(7)8)2(6)4(9)10;;/h1-2,5-6H,(H,7,8)(H,9,10);;/q;+1;+2/p-2. The maximum absolute atomic E-state index is 9.63. The number of hydrogen-bond acceptors (Lipinski definition) is 6. The third-order valence-corrected chi connectivity index (χ3v) is 0.782. The molecule has 0 spiro atoms. The van der Waals surface area contributed by atoms with Crippen LogP contribution in [0, 0.1) is 0 Å². The van der Waals surface area contributed by atoms with Crippen molar-refractivity contribution in [2.24, 2.45) is 0 Å². The van der Waals surface area contributed by atoms with Crippen molar-refractivity contribution >= 4 is 11.9 Å². The van der Waals surface area contributed by atoms with Gasteiger partial charge < -0.3 is 30.0 Å². The van der Waals surface area contributed by atoms with Crippen LogP contribution in [0.1, 0.15) is 0 Å². The Morgan fingerprint density at radius 3 is 1.25 bits per heavy atom. The number of aliphatic hydroxyl groups is 2. The molecule has 0 bridgehead atoms. The zero-order valence-corrected chi connectivity index (χ0v) is 7.24. The minimum absolute atomic E-state index is 0. The number of aliphatic carboxylic acids is 2. The van der Waals surface area contributed by atoms with Crippen LogP contribution in [0.5, 0.6) is 0 Å². The van der Waals surface area contributed by atoms with Crippen molar-refractivity contribution in [1.82, 2.24) is 0 Å². The van der Waals surface area contributed by atoms with Crippen molar-refractivity contribution in [3.05, 3.63) is 0 Å². The van der Waals surface area contributed by atoms with Crippen LogP contribution in [0.2, 0.25) is 0 Å². The summed E-state index contributed by atoms with van der Waals surface area (Å²) in [7, 11) is 0. The number of carbonyl (C=O) groups is 2. The second-order valence-electron chi connectivity index (χ2n) is 1.53. The first kappa shape index (κ1) is 17.9. The molecule has 0 fully saturated rings. The van der Waals surface area contributed by atoms with Gasteiger partial charge in [0, 0.05) is 0 Å². The molecule has 0 aromatic heterocycles. The Kier molecular flexibility index (Phi) is 11.4. The van der Waals surface area contributed by atoms with Gasteiger partial charge in [0.25, 0.3) is 0 Å². The van der Waals surface area contributed by atoms with Crippen molar-refractivity contribution in [2.75, 3.05) is 0 Å². The molecule has 2 N–H and O–H groups in total. The normalized spacial score (nSPS) is 13.2. The SMILES string of the molecule is O=C([O-])C(O)C(O)C(=O)[O-].[Li+].[Mn+2]. The van der Waals surface area contributed by atoms with Gasteiger partial charge in [0.05, 0.1) is 11.9 Å². The molecule has 0 aliphatic rings. The van der Waals surface area contributed by atoms with Crippen LogP contribution in [-0.4, -0.2) is 34.4 Å². The Labute approximate surface area is 90.2 Å². The smallest absolute Gasteiger partial charge is 0.547 e. The van der Waals surface area contributed by atoms with Crippen LogP contribution in [0.3, 0.4) is 0 Å². The molecule has 0 heterocycles. The first-order valence-corrected chi connectivity index (χ1v) is 2.24. The third-order valence-electron chi connectivity index (χ3n) is 0.782. The van der Waals surface area contributed by atoms with Gasteiger partial charge in [0.2, 0.25) is 0 Å². The van der Waals surface area contributed by atoms with Crippen molar-refractivity contribution < 1.29 is 65.9 Å². The summed E-state index contributed by atoms with van der Waals surface area (Å²) in [4.78, 5) is 19.3. The van der Waals surface area contributed by atoms with Gasteiger partial charge in [-0.15, -0.1) is 0 Å². The number of carboxylic acid groups (broad SMARTS) is 2. The van der Waals surface area contributed by atoms with E-state index >= 15 is 0 Å². The van der Waals surface area contributed by atoms with E-state index in [2.05, 4.69) is 0 Å². The average molecular weight is 210 g/mol.